The summed E-state index contributed by atoms with van der Waals surface area (Å²) in [5, 5.41) is 0. The molecule has 120 valence electrons. The molecule has 0 unspecified atom stereocenters. The van der Waals surface area contributed by atoms with Gasteiger partial charge in [0.1, 0.15) is 11.6 Å². The summed E-state index contributed by atoms with van der Waals surface area (Å²) in [5.74, 6) is -0.684. The predicted octanol–water partition coefficient (Wildman–Crippen LogP) is 3.93. The number of hydrogen-bond acceptors (Lipinski definition) is 2. The Labute approximate surface area is 135 Å². The monoisotopic (exact) mass is 316 g/mol. The van der Waals surface area contributed by atoms with Crippen molar-refractivity contribution < 1.29 is 18.1 Å². The van der Waals surface area contributed by atoms with E-state index in [-0.39, 0.29) is 11.6 Å². The highest BCUT2D eigenvalue weighted by Crippen LogP contribution is 2.36. The fourth-order valence-electron chi connectivity index (χ4n) is 2.52. The second-order valence-electron chi connectivity index (χ2n) is 6.83. The summed E-state index contributed by atoms with van der Waals surface area (Å²) >= 11 is 0. The summed E-state index contributed by atoms with van der Waals surface area (Å²) < 4.78 is 39.2. The van der Waals surface area contributed by atoms with Crippen LogP contribution in [0, 0.1) is 11.6 Å². The maximum Gasteiger partial charge on any atom is 0.497 e. The SMILES string of the molecule is CC1(C)OB(c2cc(-c3ccc(F)cc3)ccc2F)OC1(C)C. The minimum absolute atomic E-state index is 0.304. The summed E-state index contributed by atoms with van der Waals surface area (Å²) in [6.07, 6.45) is 0. The van der Waals surface area contributed by atoms with E-state index in [2.05, 4.69) is 0 Å². The van der Waals surface area contributed by atoms with Gasteiger partial charge in [0.2, 0.25) is 0 Å². The maximum atomic E-state index is 14.3. The molecule has 1 fully saturated rings. The van der Waals surface area contributed by atoms with Crippen molar-refractivity contribution in [3.8, 4) is 11.1 Å². The highest BCUT2D eigenvalue weighted by Gasteiger charge is 2.52. The van der Waals surface area contributed by atoms with E-state index in [1.165, 1.54) is 18.2 Å². The van der Waals surface area contributed by atoms with Crippen molar-refractivity contribution in [1.29, 1.82) is 0 Å². The first kappa shape index (κ1) is 16.2. The van der Waals surface area contributed by atoms with Crippen LogP contribution in [0.5, 0.6) is 0 Å². The summed E-state index contributed by atoms with van der Waals surface area (Å²) in [5.41, 5.74) is 0.886. The molecule has 3 rings (SSSR count). The first-order chi connectivity index (χ1) is 10.7. The Morgan fingerprint density at radius 3 is 1.87 bits per heavy atom. The van der Waals surface area contributed by atoms with E-state index in [1.807, 2.05) is 27.7 Å². The molecule has 2 aromatic carbocycles. The second-order valence-corrected chi connectivity index (χ2v) is 6.83. The lowest BCUT2D eigenvalue weighted by atomic mass is 9.77. The van der Waals surface area contributed by atoms with Gasteiger partial charge in [-0.2, -0.15) is 0 Å². The Hall–Kier alpha value is -1.72. The molecule has 0 aliphatic carbocycles. The van der Waals surface area contributed by atoms with Crippen molar-refractivity contribution in [2.24, 2.45) is 0 Å². The zero-order chi connectivity index (χ0) is 16.8. The van der Waals surface area contributed by atoms with Gasteiger partial charge in [0.05, 0.1) is 11.2 Å². The van der Waals surface area contributed by atoms with E-state index >= 15 is 0 Å². The number of halogens is 2. The summed E-state index contributed by atoms with van der Waals surface area (Å²) in [4.78, 5) is 0. The average Bonchev–Trinajstić information content (AvgIpc) is 2.69. The molecule has 0 atom stereocenters. The third-order valence-electron chi connectivity index (χ3n) is 4.68. The van der Waals surface area contributed by atoms with Crippen LogP contribution in [0.4, 0.5) is 8.78 Å². The number of hydrogen-bond donors (Lipinski definition) is 0. The van der Waals surface area contributed by atoms with Gasteiger partial charge in [0.25, 0.3) is 0 Å². The Morgan fingerprint density at radius 2 is 1.30 bits per heavy atom. The van der Waals surface area contributed by atoms with E-state index < -0.39 is 18.3 Å². The van der Waals surface area contributed by atoms with Gasteiger partial charge >= 0.3 is 7.12 Å². The molecule has 2 nitrogen and oxygen atoms in total. The van der Waals surface area contributed by atoms with Gasteiger partial charge in [-0.3, -0.25) is 0 Å². The van der Waals surface area contributed by atoms with Crippen molar-refractivity contribution in [2.45, 2.75) is 38.9 Å². The lowest BCUT2D eigenvalue weighted by Gasteiger charge is -2.32. The number of rotatable bonds is 2. The van der Waals surface area contributed by atoms with Gasteiger partial charge in [0, 0.05) is 5.46 Å². The molecule has 1 aliphatic heterocycles. The van der Waals surface area contributed by atoms with Crippen LogP contribution in [0.15, 0.2) is 42.5 Å². The fourth-order valence-corrected chi connectivity index (χ4v) is 2.52. The Kier molecular flexibility index (Phi) is 3.81. The standard InChI is InChI=1S/C18H19BF2O2/c1-17(2)18(3,4)23-19(22-17)15-11-13(7-10-16(15)21)12-5-8-14(20)9-6-12/h5-11H,1-4H3. The van der Waals surface area contributed by atoms with Gasteiger partial charge in [-0.25, -0.2) is 8.78 Å². The largest absolute Gasteiger partial charge is 0.497 e. The molecule has 2 aromatic rings. The van der Waals surface area contributed by atoms with Crippen LogP contribution in [0.3, 0.4) is 0 Å². The fraction of sp³-hybridized carbons (Fsp3) is 0.333. The quantitative estimate of drug-likeness (QED) is 0.782. The zero-order valence-electron chi connectivity index (χ0n) is 13.7. The molecule has 0 N–H and O–H groups in total. The Morgan fingerprint density at radius 1 is 0.783 bits per heavy atom. The average molecular weight is 316 g/mol. The van der Waals surface area contributed by atoms with E-state index in [4.69, 9.17) is 9.31 Å². The normalized spacial score (nSPS) is 19.1. The second kappa shape index (κ2) is 5.43. The summed E-state index contributed by atoms with van der Waals surface area (Å²) in [6.45, 7) is 7.70. The third kappa shape index (κ3) is 2.91. The van der Waals surface area contributed by atoms with Gasteiger partial charge in [-0.15, -0.1) is 0 Å². The minimum Gasteiger partial charge on any atom is -0.399 e. The predicted molar refractivity (Wildman–Crippen MR) is 87.5 cm³/mol. The van der Waals surface area contributed by atoms with Crippen LogP contribution >= 0.6 is 0 Å². The molecule has 5 heteroatoms. The minimum atomic E-state index is -0.764. The van der Waals surface area contributed by atoms with E-state index in [9.17, 15) is 8.78 Å². The van der Waals surface area contributed by atoms with Gasteiger partial charge in [-0.1, -0.05) is 24.3 Å². The van der Waals surface area contributed by atoms with Crippen molar-refractivity contribution in [3.05, 3.63) is 54.1 Å². The highest BCUT2D eigenvalue weighted by molar-refractivity contribution is 6.62. The first-order valence-corrected chi connectivity index (χ1v) is 7.61. The lowest BCUT2D eigenvalue weighted by Crippen LogP contribution is -2.41. The summed E-state index contributed by atoms with van der Waals surface area (Å²) in [7, 11) is -0.764. The third-order valence-corrected chi connectivity index (χ3v) is 4.68. The molecule has 1 aliphatic rings. The van der Waals surface area contributed by atoms with Crippen molar-refractivity contribution in [1.82, 2.24) is 0 Å². The Balaban J connectivity index is 1.98. The van der Waals surface area contributed by atoms with Crippen molar-refractivity contribution in [2.75, 3.05) is 0 Å². The topological polar surface area (TPSA) is 18.5 Å². The summed E-state index contributed by atoms with van der Waals surface area (Å²) in [6, 6.07) is 10.8. The maximum absolute atomic E-state index is 14.3. The van der Waals surface area contributed by atoms with Gasteiger partial charge < -0.3 is 9.31 Å². The molecule has 0 saturated carbocycles. The zero-order valence-corrected chi connectivity index (χ0v) is 13.7. The molecule has 0 radical (unpaired) electrons. The lowest BCUT2D eigenvalue weighted by molar-refractivity contribution is 0.00578. The van der Waals surface area contributed by atoms with Crippen molar-refractivity contribution >= 4 is 12.6 Å². The van der Waals surface area contributed by atoms with E-state index in [0.29, 0.717) is 5.46 Å². The molecule has 1 heterocycles. The van der Waals surface area contributed by atoms with E-state index in [0.717, 1.165) is 11.1 Å². The van der Waals surface area contributed by atoms with Crippen LogP contribution in [0.1, 0.15) is 27.7 Å². The smallest absolute Gasteiger partial charge is 0.399 e. The Bertz CT molecular complexity index is 710. The van der Waals surface area contributed by atoms with E-state index in [1.54, 1.807) is 24.3 Å². The molecule has 0 aromatic heterocycles. The van der Waals surface area contributed by atoms with Crippen LogP contribution in [0.25, 0.3) is 11.1 Å². The first-order valence-electron chi connectivity index (χ1n) is 7.61. The number of benzene rings is 2. The molecule has 1 saturated heterocycles. The molecule has 0 amide bonds. The van der Waals surface area contributed by atoms with Crippen molar-refractivity contribution in [3.63, 3.8) is 0 Å². The van der Waals surface area contributed by atoms with Gasteiger partial charge in [-0.05, 0) is 57.0 Å². The molecular formula is C18H19BF2O2. The van der Waals surface area contributed by atoms with Gasteiger partial charge in [0.15, 0.2) is 0 Å². The van der Waals surface area contributed by atoms with Crippen LogP contribution in [-0.4, -0.2) is 18.3 Å². The molecule has 0 bridgehead atoms. The van der Waals surface area contributed by atoms with Crippen LogP contribution in [0.2, 0.25) is 0 Å². The molecular weight excluding hydrogens is 297 g/mol. The molecule has 0 spiro atoms. The van der Waals surface area contributed by atoms with Crippen LogP contribution < -0.4 is 5.46 Å². The van der Waals surface area contributed by atoms with Crippen LogP contribution in [-0.2, 0) is 9.31 Å². The highest BCUT2D eigenvalue weighted by atomic mass is 19.1. The molecule has 23 heavy (non-hydrogen) atoms.